The van der Waals surface area contributed by atoms with Gasteiger partial charge in [0.15, 0.2) is 0 Å². The minimum Gasteiger partial charge on any atom is -0.746 e. The zero-order chi connectivity index (χ0) is 17.1. The van der Waals surface area contributed by atoms with Crippen LogP contribution in [0.25, 0.3) is 0 Å². The van der Waals surface area contributed by atoms with Crippen molar-refractivity contribution in [2.75, 3.05) is 18.4 Å². The Kier molecular flexibility index (Phi) is 8.25. The molecule has 1 aromatic carbocycles. The largest absolute Gasteiger partial charge is 0.746 e. The van der Waals surface area contributed by atoms with Crippen molar-refractivity contribution in [3.63, 3.8) is 0 Å². The van der Waals surface area contributed by atoms with Gasteiger partial charge in [-0.3, -0.25) is 4.98 Å². The highest BCUT2D eigenvalue weighted by molar-refractivity contribution is 7.86. The maximum Gasteiger partial charge on any atom is 0.143 e. The zero-order valence-electron chi connectivity index (χ0n) is 13.3. The average Bonchev–Trinajstić information content (AvgIpc) is 2.55. The van der Waals surface area contributed by atoms with E-state index in [2.05, 4.69) is 29.5 Å². The van der Waals surface area contributed by atoms with Crippen LogP contribution in [-0.2, 0) is 10.1 Å². The summed E-state index contributed by atoms with van der Waals surface area (Å²) >= 11 is 0. The number of rotatable bonds is 6. The SMILES string of the molecule is CC[NH2+]CC.O=S(=O)([O-])C(Nc1ccccc1)c1ccncc1. The Morgan fingerprint density at radius 3 is 2.09 bits per heavy atom. The topological polar surface area (TPSA) is 98.7 Å². The number of nitrogens with zero attached hydrogens (tertiary/aromatic N) is 1. The molecule has 7 heteroatoms. The zero-order valence-corrected chi connectivity index (χ0v) is 14.2. The first-order valence-corrected chi connectivity index (χ1v) is 8.94. The highest BCUT2D eigenvalue weighted by Gasteiger charge is 2.18. The Balaban J connectivity index is 0.000000463. The molecule has 0 radical (unpaired) electrons. The van der Waals surface area contributed by atoms with Gasteiger partial charge in [-0.05, 0) is 43.7 Å². The van der Waals surface area contributed by atoms with E-state index in [1.165, 1.54) is 37.6 Å². The summed E-state index contributed by atoms with van der Waals surface area (Å²) in [6.45, 7) is 6.75. The molecule has 0 aliphatic heterocycles. The molecular formula is C16H23N3O3S. The lowest BCUT2D eigenvalue weighted by molar-refractivity contribution is -0.648. The minimum absolute atomic E-state index is 0.365. The number of benzene rings is 1. The molecule has 0 saturated carbocycles. The molecule has 0 saturated heterocycles. The first-order valence-electron chi connectivity index (χ1n) is 7.46. The molecule has 0 aliphatic carbocycles. The van der Waals surface area contributed by atoms with Gasteiger partial charge in [0.05, 0.1) is 13.1 Å². The quantitative estimate of drug-likeness (QED) is 0.775. The first kappa shape index (κ1) is 19.1. The normalized spacial score (nSPS) is 12.0. The van der Waals surface area contributed by atoms with E-state index in [9.17, 15) is 13.0 Å². The highest BCUT2D eigenvalue weighted by Crippen LogP contribution is 2.23. The van der Waals surface area contributed by atoms with Gasteiger partial charge in [-0.2, -0.15) is 0 Å². The number of hydrogen-bond acceptors (Lipinski definition) is 5. The number of hydrogen-bond donors (Lipinski definition) is 2. The molecule has 1 atom stereocenters. The Labute approximate surface area is 137 Å². The number of nitrogens with one attached hydrogen (secondary N) is 1. The van der Waals surface area contributed by atoms with Crippen LogP contribution < -0.4 is 10.6 Å². The summed E-state index contributed by atoms with van der Waals surface area (Å²) in [5, 5.41) is 3.64. The summed E-state index contributed by atoms with van der Waals surface area (Å²) in [5.74, 6) is 0. The molecule has 6 nitrogen and oxygen atoms in total. The predicted molar refractivity (Wildman–Crippen MR) is 89.7 cm³/mol. The monoisotopic (exact) mass is 337 g/mol. The standard InChI is InChI=1S/C12H12N2O3S.C4H11N/c15-18(16,17)12(10-6-8-13-9-7-10)14-11-4-2-1-3-5-11;1-3-5-4-2/h1-9,12,14H,(H,15,16,17);5H,3-4H2,1-2H3. The van der Waals surface area contributed by atoms with E-state index in [0.29, 0.717) is 11.3 Å². The highest BCUT2D eigenvalue weighted by atomic mass is 32.2. The van der Waals surface area contributed by atoms with E-state index < -0.39 is 15.5 Å². The van der Waals surface area contributed by atoms with Gasteiger partial charge in [0.1, 0.15) is 15.5 Å². The summed E-state index contributed by atoms with van der Waals surface area (Å²) < 4.78 is 33.9. The molecule has 1 aromatic heterocycles. The van der Waals surface area contributed by atoms with Gasteiger partial charge in [-0.1, -0.05) is 18.2 Å². The Hall–Kier alpha value is -1.96. The lowest BCUT2D eigenvalue weighted by Gasteiger charge is -2.23. The Bertz CT molecular complexity index is 647. The third-order valence-electron chi connectivity index (χ3n) is 2.95. The smallest absolute Gasteiger partial charge is 0.143 e. The van der Waals surface area contributed by atoms with Crippen molar-refractivity contribution in [1.82, 2.24) is 4.98 Å². The van der Waals surface area contributed by atoms with Gasteiger partial charge in [0, 0.05) is 18.1 Å². The number of anilines is 1. The Morgan fingerprint density at radius 1 is 1.09 bits per heavy atom. The fourth-order valence-corrected chi connectivity index (χ4v) is 2.61. The molecule has 0 bridgehead atoms. The Morgan fingerprint density at radius 2 is 1.65 bits per heavy atom. The number of aromatic nitrogens is 1. The third kappa shape index (κ3) is 7.23. The van der Waals surface area contributed by atoms with Gasteiger partial charge in [0.2, 0.25) is 0 Å². The van der Waals surface area contributed by atoms with E-state index in [1.807, 2.05) is 0 Å². The van der Waals surface area contributed by atoms with Crippen molar-refractivity contribution in [2.24, 2.45) is 0 Å². The van der Waals surface area contributed by atoms with Crippen LogP contribution in [0.15, 0.2) is 54.9 Å². The van der Waals surface area contributed by atoms with Crippen LogP contribution in [0, 0.1) is 0 Å². The van der Waals surface area contributed by atoms with Crippen LogP contribution in [0.1, 0.15) is 24.8 Å². The fourth-order valence-electron chi connectivity index (χ4n) is 1.83. The molecule has 3 N–H and O–H groups in total. The van der Waals surface area contributed by atoms with Gasteiger partial charge in [-0.15, -0.1) is 0 Å². The molecule has 1 heterocycles. The maximum atomic E-state index is 11.3. The average molecular weight is 337 g/mol. The number of nitrogens with two attached hydrogens (primary N) is 1. The van der Waals surface area contributed by atoms with Crippen molar-refractivity contribution in [3.05, 3.63) is 60.4 Å². The fraction of sp³-hybridized carbons (Fsp3) is 0.312. The van der Waals surface area contributed by atoms with Crippen molar-refractivity contribution in [1.29, 1.82) is 0 Å². The molecular weight excluding hydrogens is 314 g/mol. The van der Waals surface area contributed by atoms with Crippen molar-refractivity contribution in [3.8, 4) is 0 Å². The third-order valence-corrected chi connectivity index (χ3v) is 3.91. The second-order valence-corrected chi connectivity index (χ2v) is 6.23. The number of quaternary nitrogens is 1. The molecule has 126 valence electrons. The van der Waals surface area contributed by atoms with E-state index in [-0.39, 0.29) is 0 Å². The molecule has 0 aliphatic rings. The first-order chi connectivity index (χ1) is 11.0. The lowest BCUT2D eigenvalue weighted by atomic mass is 10.2. The summed E-state index contributed by atoms with van der Waals surface area (Å²) in [4.78, 5) is 3.79. The van der Waals surface area contributed by atoms with E-state index in [1.54, 1.807) is 30.3 Å². The minimum atomic E-state index is -4.51. The number of para-hydroxylation sites is 1. The van der Waals surface area contributed by atoms with Crippen LogP contribution in [0.4, 0.5) is 5.69 Å². The van der Waals surface area contributed by atoms with Crippen LogP contribution in [0.2, 0.25) is 0 Å². The molecule has 0 amide bonds. The van der Waals surface area contributed by atoms with E-state index >= 15 is 0 Å². The van der Waals surface area contributed by atoms with E-state index in [0.717, 1.165) is 0 Å². The predicted octanol–water partition coefficient (Wildman–Crippen LogP) is 1.33. The van der Waals surface area contributed by atoms with Crippen molar-refractivity contribution < 1.29 is 18.3 Å². The maximum absolute atomic E-state index is 11.3. The molecule has 2 aromatic rings. The summed E-state index contributed by atoms with van der Waals surface area (Å²) in [7, 11) is -4.51. The summed E-state index contributed by atoms with van der Waals surface area (Å²) in [6.07, 6.45) is 2.89. The summed E-state index contributed by atoms with van der Waals surface area (Å²) in [5.41, 5.74) is 0.933. The van der Waals surface area contributed by atoms with E-state index in [4.69, 9.17) is 0 Å². The summed E-state index contributed by atoms with van der Waals surface area (Å²) in [6, 6.07) is 11.7. The van der Waals surface area contributed by atoms with Gasteiger partial charge >= 0.3 is 0 Å². The molecule has 2 rings (SSSR count). The van der Waals surface area contributed by atoms with Crippen molar-refractivity contribution >= 4 is 15.8 Å². The second kappa shape index (κ2) is 9.94. The van der Waals surface area contributed by atoms with Crippen LogP contribution in [0.3, 0.4) is 0 Å². The van der Waals surface area contributed by atoms with Crippen LogP contribution >= 0.6 is 0 Å². The molecule has 23 heavy (non-hydrogen) atoms. The van der Waals surface area contributed by atoms with Gasteiger partial charge in [0.25, 0.3) is 0 Å². The second-order valence-electron chi connectivity index (χ2n) is 4.77. The molecule has 1 unspecified atom stereocenters. The van der Waals surface area contributed by atoms with Gasteiger partial charge < -0.3 is 15.2 Å². The number of pyridine rings is 1. The lowest BCUT2D eigenvalue weighted by Crippen LogP contribution is -2.82. The molecule has 0 fully saturated rings. The van der Waals surface area contributed by atoms with Crippen molar-refractivity contribution in [2.45, 2.75) is 19.2 Å². The molecule has 0 spiro atoms. The van der Waals surface area contributed by atoms with Gasteiger partial charge in [-0.25, -0.2) is 8.42 Å². The van der Waals surface area contributed by atoms with Crippen LogP contribution in [-0.4, -0.2) is 31.0 Å². The van der Waals surface area contributed by atoms with Crippen LogP contribution in [0.5, 0.6) is 0 Å².